The molecule has 0 aromatic carbocycles. The Morgan fingerprint density at radius 1 is 0.913 bits per heavy atom. The van der Waals surface area contributed by atoms with Crippen LogP contribution in [0.1, 0.15) is 6.42 Å². The summed E-state index contributed by atoms with van der Waals surface area (Å²) < 4.78 is 147. The molecule has 0 N–H and O–H groups in total. The molecule has 1 atom stereocenters. The highest BCUT2D eigenvalue weighted by atomic mass is 19.4. The molecule has 134 valence electrons. The van der Waals surface area contributed by atoms with E-state index < -0.39 is 47.9 Å². The highest BCUT2D eigenvalue weighted by Crippen LogP contribution is 2.67. The number of carbonyl (C=O) groups excluding carboxylic acids is 1. The lowest BCUT2D eigenvalue weighted by Crippen LogP contribution is -2.78. The monoisotopic (exact) mass is 366 g/mol. The second-order valence-corrected chi connectivity index (χ2v) is 4.55. The van der Waals surface area contributed by atoms with Gasteiger partial charge < -0.3 is 4.74 Å². The fourth-order valence-electron chi connectivity index (χ4n) is 1.74. The molecule has 0 amide bonds. The van der Waals surface area contributed by atoms with E-state index in [1.54, 1.807) is 0 Å². The van der Waals surface area contributed by atoms with Crippen LogP contribution < -0.4 is 0 Å². The minimum absolute atomic E-state index is 0.150. The zero-order valence-corrected chi connectivity index (χ0v) is 10.5. The van der Waals surface area contributed by atoms with Crippen molar-refractivity contribution in [2.75, 3.05) is 0 Å². The number of ether oxygens (including phenoxy) is 1. The average molecular weight is 366 g/mol. The first-order valence-corrected chi connectivity index (χ1v) is 5.35. The number of rotatable bonds is 3. The van der Waals surface area contributed by atoms with Crippen LogP contribution in [0.15, 0.2) is 12.7 Å². The molecule has 0 radical (unpaired) electrons. The van der Waals surface area contributed by atoms with Crippen molar-refractivity contribution < 1.29 is 57.8 Å². The Hall–Kier alpha value is -1.56. The molecule has 0 aromatic heterocycles. The third kappa shape index (κ3) is 2.18. The van der Waals surface area contributed by atoms with Crippen LogP contribution in [-0.4, -0.2) is 41.4 Å². The molecule has 0 aromatic rings. The molecule has 1 aliphatic carbocycles. The highest BCUT2D eigenvalue weighted by Gasteiger charge is 2.95. The van der Waals surface area contributed by atoms with Crippen molar-refractivity contribution in [2.45, 2.75) is 41.9 Å². The first-order valence-electron chi connectivity index (χ1n) is 5.35. The van der Waals surface area contributed by atoms with Gasteiger partial charge in [-0.25, -0.2) is 9.18 Å². The summed E-state index contributed by atoms with van der Waals surface area (Å²) in [6.45, 7) is 2.50. The van der Waals surface area contributed by atoms with E-state index in [1.807, 2.05) is 0 Å². The lowest BCUT2D eigenvalue weighted by atomic mass is 9.74. The molecule has 0 spiro atoms. The van der Waals surface area contributed by atoms with Gasteiger partial charge in [-0.1, -0.05) is 6.58 Å². The van der Waals surface area contributed by atoms with Crippen LogP contribution in [0.3, 0.4) is 0 Å². The summed E-state index contributed by atoms with van der Waals surface area (Å²) in [6.07, 6.45) is -10.2. The number of halogens is 11. The molecule has 23 heavy (non-hydrogen) atoms. The van der Waals surface area contributed by atoms with E-state index in [2.05, 4.69) is 11.3 Å². The van der Waals surface area contributed by atoms with Crippen molar-refractivity contribution in [1.82, 2.24) is 0 Å². The first-order chi connectivity index (χ1) is 9.91. The minimum Gasteiger partial charge on any atom is -0.395 e. The van der Waals surface area contributed by atoms with Crippen LogP contribution >= 0.6 is 0 Å². The average Bonchev–Trinajstić information content (AvgIpc) is 2.35. The van der Waals surface area contributed by atoms with Gasteiger partial charge >= 0.3 is 35.8 Å². The summed E-state index contributed by atoms with van der Waals surface area (Å²) >= 11 is 0. The fraction of sp³-hybridized carbons (Fsp3) is 0.700. The largest absolute Gasteiger partial charge is 0.441 e. The van der Waals surface area contributed by atoms with Crippen LogP contribution in [0.4, 0.5) is 48.3 Å². The van der Waals surface area contributed by atoms with Crippen LogP contribution in [0.5, 0.6) is 0 Å². The van der Waals surface area contributed by atoms with Gasteiger partial charge in [0.25, 0.3) is 5.67 Å². The standard InChI is InChI=1S/C10H5F11O2/c1-2-4(22)23-10(20,21)5(11)3-6(12,13)8(16,17)9(18,19)7(5,14)15/h2H,1,3H2. The number of hydrogen-bond donors (Lipinski definition) is 0. The SMILES string of the molecule is C=CC(=O)OC(F)(F)C1(F)CC(F)(F)C(F)(F)C(F)(F)C1(F)F. The maximum Gasteiger partial charge on any atom is 0.441 e. The fourth-order valence-corrected chi connectivity index (χ4v) is 1.74. The number of hydrogen-bond acceptors (Lipinski definition) is 2. The van der Waals surface area contributed by atoms with Crippen molar-refractivity contribution >= 4 is 5.97 Å². The van der Waals surface area contributed by atoms with Crippen LogP contribution in [0.2, 0.25) is 0 Å². The summed E-state index contributed by atoms with van der Waals surface area (Å²) in [7, 11) is 0. The lowest BCUT2D eigenvalue weighted by Gasteiger charge is -2.49. The summed E-state index contributed by atoms with van der Waals surface area (Å²) in [5.74, 6) is -29.7. The minimum atomic E-state index is -7.21. The topological polar surface area (TPSA) is 26.3 Å². The predicted octanol–water partition coefficient (Wildman–Crippen LogP) is 3.96. The van der Waals surface area contributed by atoms with E-state index in [1.165, 1.54) is 0 Å². The maximum absolute atomic E-state index is 13.9. The highest BCUT2D eigenvalue weighted by molar-refractivity contribution is 5.81. The van der Waals surface area contributed by atoms with Gasteiger partial charge in [-0.2, -0.15) is 43.9 Å². The molecule has 2 nitrogen and oxygen atoms in total. The van der Waals surface area contributed by atoms with E-state index >= 15 is 0 Å². The zero-order chi connectivity index (χ0) is 18.7. The molecule has 0 aliphatic heterocycles. The van der Waals surface area contributed by atoms with Crippen molar-refractivity contribution in [3.05, 3.63) is 12.7 Å². The lowest BCUT2D eigenvalue weighted by molar-refractivity contribution is -0.464. The van der Waals surface area contributed by atoms with Gasteiger partial charge in [0, 0.05) is 6.08 Å². The predicted molar refractivity (Wildman–Crippen MR) is 49.5 cm³/mol. The van der Waals surface area contributed by atoms with Gasteiger partial charge in [0.05, 0.1) is 6.42 Å². The quantitative estimate of drug-likeness (QED) is 0.429. The molecule has 1 unspecified atom stereocenters. The smallest absolute Gasteiger partial charge is 0.395 e. The van der Waals surface area contributed by atoms with Gasteiger partial charge in [0.2, 0.25) is 0 Å². The van der Waals surface area contributed by atoms with E-state index in [0.29, 0.717) is 0 Å². The summed E-state index contributed by atoms with van der Waals surface area (Å²) in [5, 5.41) is 0. The van der Waals surface area contributed by atoms with Crippen LogP contribution in [-0.2, 0) is 9.53 Å². The molecule has 0 heterocycles. The van der Waals surface area contributed by atoms with Crippen LogP contribution in [0.25, 0.3) is 0 Å². The van der Waals surface area contributed by atoms with Crippen molar-refractivity contribution in [1.29, 1.82) is 0 Å². The Labute approximate surface area is 119 Å². The molecule has 1 rings (SSSR count). The van der Waals surface area contributed by atoms with Crippen molar-refractivity contribution in [3.63, 3.8) is 0 Å². The summed E-state index contributed by atoms with van der Waals surface area (Å²) in [4.78, 5) is 10.5. The number of esters is 1. The second kappa shape index (κ2) is 4.72. The molecular weight excluding hydrogens is 361 g/mol. The third-order valence-corrected chi connectivity index (χ3v) is 3.07. The van der Waals surface area contributed by atoms with Gasteiger partial charge in [-0.05, 0) is 0 Å². The summed E-state index contributed by atoms with van der Waals surface area (Å²) in [6, 6.07) is 0. The van der Waals surface area contributed by atoms with Crippen molar-refractivity contribution in [3.8, 4) is 0 Å². The van der Waals surface area contributed by atoms with Gasteiger partial charge in [0.1, 0.15) is 0 Å². The molecule has 13 heteroatoms. The Morgan fingerprint density at radius 2 is 1.35 bits per heavy atom. The van der Waals surface area contributed by atoms with E-state index in [4.69, 9.17) is 0 Å². The number of alkyl halides is 11. The zero-order valence-electron chi connectivity index (χ0n) is 10.5. The Morgan fingerprint density at radius 3 is 1.74 bits per heavy atom. The van der Waals surface area contributed by atoms with Crippen molar-refractivity contribution in [2.24, 2.45) is 0 Å². The molecule has 1 aliphatic rings. The van der Waals surface area contributed by atoms with Crippen LogP contribution in [0, 0.1) is 0 Å². The van der Waals surface area contributed by atoms with E-state index in [0.717, 1.165) is 0 Å². The Kier molecular flexibility index (Phi) is 4.00. The maximum atomic E-state index is 13.9. The Bertz CT molecular complexity index is 527. The normalized spacial score (nSPS) is 31.3. The van der Waals surface area contributed by atoms with Gasteiger partial charge in [0.15, 0.2) is 0 Å². The first kappa shape index (κ1) is 19.5. The van der Waals surface area contributed by atoms with Gasteiger partial charge in [-0.3, -0.25) is 0 Å². The molecular formula is C10H5F11O2. The van der Waals surface area contributed by atoms with E-state index in [-0.39, 0.29) is 6.08 Å². The third-order valence-electron chi connectivity index (χ3n) is 3.07. The second-order valence-electron chi connectivity index (χ2n) is 4.55. The molecule has 0 saturated heterocycles. The summed E-state index contributed by atoms with van der Waals surface area (Å²) in [5.41, 5.74) is -6.31. The Balaban J connectivity index is 3.57. The number of carbonyl (C=O) groups is 1. The van der Waals surface area contributed by atoms with E-state index in [9.17, 15) is 53.1 Å². The molecule has 1 saturated carbocycles. The van der Waals surface area contributed by atoms with Gasteiger partial charge in [-0.15, -0.1) is 0 Å². The molecule has 1 fully saturated rings. The molecule has 0 bridgehead atoms.